The number of amides is 1. The maximum atomic E-state index is 12.7. The molecule has 0 unspecified atom stereocenters. The summed E-state index contributed by atoms with van der Waals surface area (Å²) in [6.45, 7) is 4.68. The predicted octanol–water partition coefficient (Wildman–Crippen LogP) is 1.66. The van der Waals surface area contributed by atoms with Gasteiger partial charge in [-0.05, 0) is 30.5 Å². The first-order chi connectivity index (χ1) is 10.1. The van der Waals surface area contributed by atoms with Crippen molar-refractivity contribution in [2.24, 2.45) is 0 Å². The first-order valence-corrected chi connectivity index (χ1v) is 8.48. The number of benzene rings is 1. The molecule has 5 nitrogen and oxygen atoms in total. The van der Waals surface area contributed by atoms with Crippen molar-refractivity contribution < 1.29 is 13.2 Å². The van der Waals surface area contributed by atoms with E-state index in [-0.39, 0.29) is 17.3 Å². The summed E-state index contributed by atoms with van der Waals surface area (Å²) in [4.78, 5) is 11.5. The fourth-order valence-corrected chi connectivity index (χ4v) is 4.14. The number of rotatable bonds is 5. The topological polar surface area (TPSA) is 66.5 Å². The van der Waals surface area contributed by atoms with Crippen molar-refractivity contribution in [3.05, 3.63) is 42.5 Å². The summed E-state index contributed by atoms with van der Waals surface area (Å²) in [5.41, 5.74) is 0.596. The molecule has 1 heterocycles. The number of carbonyl (C=O) groups excluding carboxylic acids is 1. The van der Waals surface area contributed by atoms with Gasteiger partial charge in [0.2, 0.25) is 15.9 Å². The highest BCUT2D eigenvalue weighted by atomic mass is 32.2. The Bertz CT molecular complexity index is 620. The first kappa shape index (κ1) is 15.7. The zero-order valence-corrected chi connectivity index (χ0v) is 12.7. The Morgan fingerprint density at radius 3 is 2.57 bits per heavy atom. The summed E-state index contributed by atoms with van der Waals surface area (Å²) in [5, 5.41) is 2.62. The molecule has 0 radical (unpaired) electrons. The highest BCUT2D eigenvalue weighted by molar-refractivity contribution is 7.89. The van der Waals surface area contributed by atoms with Gasteiger partial charge < -0.3 is 5.32 Å². The van der Waals surface area contributed by atoms with Crippen molar-refractivity contribution in [1.82, 2.24) is 9.62 Å². The van der Waals surface area contributed by atoms with Crippen molar-refractivity contribution in [3.63, 3.8) is 0 Å². The van der Waals surface area contributed by atoms with Crippen LogP contribution in [0.2, 0.25) is 0 Å². The van der Waals surface area contributed by atoms with Crippen molar-refractivity contribution in [3.8, 4) is 0 Å². The second-order valence-corrected chi connectivity index (χ2v) is 6.90. The van der Waals surface area contributed by atoms with Gasteiger partial charge in [0, 0.05) is 19.6 Å². The fourth-order valence-electron chi connectivity index (χ4n) is 2.40. The minimum Gasteiger partial charge on any atom is -0.348 e. The van der Waals surface area contributed by atoms with Gasteiger partial charge in [-0.25, -0.2) is 8.42 Å². The molecule has 1 N–H and O–H groups in total. The Labute approximate surface area is 125 Å². The third-order valence-electron chi connectivity index (χ3n) is 3.54. The molecule has 1 aromatic carbocycles. The van der Waals surface area contributed by atoms with Gasteiger partial charge in [0.05, 0.1) is 4.90 Å². The molecule has 0 bridgehead atoms. The first-order valence-electron chi connectivity index (χ1n) is 7.04. The Morgan fingerprint density at radius 2 is 1.90 bits per heavy atom. The van der Waals surface area contributed by atoms with Crippen LogP contribution in [0.1, 0.15) is 24.8 Å². The van der Waals surface area contributed by atoms with Crippen molar-refractivity contribution in [2.75, 3.05) is 13.1 Å². The molecule has 0 aliphatic carbocycles. The van der Waals surface area contributed by atoms with E-state index < -0.39 is 10.0 Å². The summed E-state index contributed by atoms with van der Waals surface area (Å²) >= 11 is 0. The molecule has 1 saturated heterocycles. The van der Waals surface area contributed by atoms with E-state index in [2.05, 4.69) is 11.9 Å². The average molecular weight is 308 g/mol. The van der Waals surface area contributed by atoms with Gasteiger partial charge in [0.25, 0.3) is 0 Å². The second-order valence-electron chi connectivity index (χ2n) is 4.99. The molecule has 21 heavy (non-hydrogen) atoms. The van der Waals surface area contributed by atoms with Crippen LogP contribution < -0.4 is 5.32 Å². The number of hydrogen-bond donors (Lipinski definition) is 1. The summed E-state index contributed by atoms with van der Waals surface area (Å²) in [7, 11) is -3.49. The van der Waals surface area contributed by atoms with Gasteiger partial charge in [0.15, 0.2) is 0 Å². The molecule has 0 atom stereocenters. The summed E-state index contributed by atoms with van der Waals surface area (Å²) in [5.74, 6) is -0.319. The van der Waals surface area contributed by atoms with E-state index in [0.717, 1.165) is 19.3 Å². The van der Waals surface area contributed by atoms with Crippen molar-refractivity contribution in [1.29, 1.82) is 0 Å². The highest BCUT2D eigenvalue weighted by Gasteiger charge is 2.27. The number of sulfonamides is 1. The van der Waals surface area contributed by atoms with E-state index in [4.69, 9.17) is 0 Å². The third kappa shape index (κ3) is 3.71. The maximum absolute atomic E-state index is 12.7. The van der Waals surface area contributed by atoms with E-state index in [1.807, 2.05) is 0 Å². The van der Waals surface area contributed by atoms with E-state index >= 15 is 0 Å². The van der Waals surface area contributed by atoms with Crippen molar-refractivity contribution >= 4 is 15.9 Å². The summed E-state index contributed by atoms with van der Waals surface area (Å²) < 4.78 is 27.0. The lowest BCUT2D eigenvalue weighted by molar-refractivity contribution is -0.116. The summed E-state index contributed by atoms with van der Waals surface area (Å²) in [6, 6.07) is 6.79. The molecule has 114 valence electrons. The van der Waals surface area contributed by atoms with Gasteiger partial charge in [-0.1, -0.05) is 31.2 Å². The molecule has 1 aliphatic rings. The van der Waals surface area contributed by atoms with Crippen LogP contribution >= 0.6 is 0 Å². The van der Waals surface area contributed by atoms with E-state index in [1.165, 1.54) is 10.4 Å². The standard InChI is InChI=1S/C15H20N2O3S/c1-2-15(18)16-12-13-8-4-5-9-14(13)21(19,20)17-10-6-3-7-11-17/h2,4-5,8-9H,1,3,6-7,10-12H2,(H,16,18). The maximum Gasteiger partial charge on any atom is 0.243 e. The van der Waals surface area contributed by atoms with Crippen LogP contribution in [0.4, 0.5) is 0 Å². The molecule has 0 saturated carbocycles. The van der Waals surface area contributed by atoms with Gasteiger partial charge in [-0.15, -0.1) is 0 Å². The van der Waals surface area contributed by atoms with E-state index in [0.29, 0.717) is 18.7 Å². The number of carbonyl (C=O) groups is 1. The largest absolute Gasteiger partial charge is 0.348 e. The van der Waals surface area contributed by atoms with Crippen LogP contribution in [0.3, 0.4) is 0 Å². The van der Waals surface area contributed by atoms with Crippen LogP contribution in [0, 0.1) is 0 Å². The van der Waals surface area contributed by atoms with Crippen LogP contribution in [-0.2, 0) is 21.4 Å². The quantitative estimate of drug-likeness (QED) is 0.841. The number of nitrogens with one attached hydrogen (secondary N) is 1. The number of piperidine rings is 1. The van der Waals surface area contributed by atoms with Crippen LogP contribution in [0.25, 0.3) is 0 Å². The minimum absolute atomic E-state index is 0.175. The van der Waals surface area contributed by atoms with Crippen LogP contribution in [0.15, 0.2) is 41.8 Å². The second kappa shape index (κ2) is 6.87. The zero-order chi connectivity index (χ0) is 15.3. The monoisotopic (exact) mass is 308 g/mol. The predicted molar refractivity (Wildman–Crippen MR) is 81.1 cm³/mol. The highest BCUT2D eigenvalue weighted by Crippen LogP contribution is 2.23. The molecular formula is C15H20N2O3S. The number of hydrogen-bond acceptors (Lipinski definition) is 3. The smallest absolute Gasteiger partial charge is 0.243 e. The fraction of sp³-hybridized carbons (Fsp3) is 0.400. The van der Waals surface area contributed by atoms with Gasteiger partial charge in [-0.3, -0.25) is 4.79 Å². The lowest BCUT2D eigenvalue weighted by Gasteiger charge is -2.26. The van der Waals surface area contributed by atoms with Gasteiger partial charge in [-0.2, -0.15) is 4.31 Å². The molecule has 0 aromatic heterocycles. The lowest BCUT2D eigenvalue weighted by Crippen LogP contribution is -2.36. The normalized spacial score (nSPS) is 16.4. The van der Waals surface area contributed by atoms with E-state index in [9.17, 15) is 13.2 Å². The lowest BCUT2D eigenvalue weighted by atomic mass is 10.2. The molecule has 1 fully saturated rings. The SMILES string of the molecule is C=CC(=O)NCc1ccccc1S(=O)(=O)N1CCCCC1. The van der Waals surface area contributed by atoms with E-state index in [1.54, 1.807) is 24.3 Å². The molecule has 1 amide bonds. The Kier molecular flexibility index (Phi) is 5.14. The third-order valence-corrected chi connectivity index (χ3v) is 5.54. The molecule has 1 aliphatic heterocycles. The minimum atomic E-state index is -3.49. The molecule has 6 heteroatoms. The Morgan fingerprint density at radius 1 is 1.24 bits per heavy atom. The molecular weight excluding hydrogens is 288 g/mol. The Balaban J connectivity index is 2.25. The van der Waals surface area contributed by atoms with Crippen LogP contribution in [0.5, 0.6) is 0 Å². The molecule has 0 spiro atoms. The van der Waals surface area contributed by atoms with Crippen molar-refractivity contribution in [2.45, 2.75) is 30.7 Å². The number of nitrogens with zero attached hydrogens (tertiary/aromatic N) is 1. The summed E-state index contributed by atoms with van der Waals surface area (Å²) in [6.07, 6.45) is 4.04. The molecule has 1 aromatic rings. The Hall–Kier alpha value is -1.66. The molecule has 2 rings (SSSR count). The van der Waals surface area contributed by atoms with Gasteiger partial charge in [0.1, 0.15) is 0 Å². The zero-order valence-electron chi connectivity index (χ0n) is 11.9. The average Bonchev–Trinajstić information content (AvgIpc) is 2.53. The van der Waals surface area contributed by atoms with Crippen LogP contribution in [-0.4, -0.2) is 31.7 Å². The van der Waals surface area contributed by atoms with Gasteiger partial charge >= 0.3 is 0 Å².